The van der Waals surface area contributed by atoms with Crippen molar-refractivity contribution >= 4 is 75.2 Å². The molecule has 8 nitrogen and oxygen atoms in total. The van der Waals surface area contributed by atoms with Gasteiger partial charge in [-0.3, -0.25) is 14.4 Å². The summed E-state index contributed by atoms with van der Waals surface area (Å²) in [6.07, 6.45) is 0.625. The Morgan fingerprint density at radius 3 is 2.10 bits per heavy atom. The van der Waals surface area contributed by atoms with E-state index in [0.29, 0.717) is 34.1 Å². The predicted molar refractivity (Wildman–Crippen MR) is 155 cm³/mol. The Morgan fingerprint density at radius 1 is 0.897 bits per heavy atom. The first-order valence-corrected chi connectivity index (χ1v) is 13.8. The van der Waals surface area contributed by atoms with Crippen LogP contribution in [0.4, 0.5) is 5.69 Å². The van der Waals surface area contributed by atoms with Crippen molar-refractivity contribution in [3.63, 3.8) is 0 Å². The van der Waals surface area contributed by atoms with Crippen molar-refractivity contribution in [1.82, 2.24) is 4.90 Å². The van der Waals surface area contributed by atoms with E-state index in [1.807, 2.05) is 0 Å². The van der Waals surface area contributed by atoms with E-state index in [0.717, 1.165) is 8.47 Å². The van der Waals surface area contributed by atoms with Gasteiger partial charge in [-0.15, -0.1) is 0 Å². The average Bonchev–Trinajstić information content (AvgIpc) is 2.97. The van der Waals surface area contributed by atoms with Crippen LogP contribution in [0.25, 0.3) is 0 Å². The molecule has 2 atom stereocenters. The third-order valence-corrected chi connectivity index (χ3v) is 7.57. The molecule has 0 unspecified atom stereocenters. The molecule has 2 N–H and O–H groups in total. The second-order valence-corrected chi connectivity index (χ2v) is 11.1. The number of rotatable bonds is 9. The SMILES string of the molecule is O=C(O)CCCCN1C(=O)[C@H](c2ccc(Cl)cc2)N([C@@H](C(=O)O)c2ccc(Cl)cc2)C(=O)c2cc(I)ccc21. The van der Waals surface area contributed by atoms with Crippen LogP contribution in [0.1, 0.15) is 52.8 Å². The van der Waals surface area contributed by atoms with E-state index in [2.05, 4.69) is 22.6 Å². The number of halogens is 3. The number of aliphatic carboxylic acids is 2. The maximum atomic E-state index is 14.3. The smallest absolute Gasteiger partial charge is 0.331 e. The summed E-state index contributed by atoms with van der Waals surface area (Å²) in [4.78, 5) is 55.0. The molecule has 1 heterocycles. The standard InChI is InChI=1S/C28H23Cl2IN2O6/c29-18-8-4-16(5-9-18)24-27(37)32(14-2-1-3-23(34)35)22-13-12-20(31)15-21(22)26(36)33(24)25(28(38)39)17-6-10-19(30)11-7-17/h4-13,15,24-25H,1-3,14H2,(H,34,35)(H,38,39)/t24-,25+/m0/s1. The van der Waals surface area contributed by atoms with Crippen LogP contribution in [-0.4, -0.2) is 45.4 Å². The Labute approximate surface area is 248 Å². The third kappa shape index (κ3) is 6.37. The molecule has 0 spiro atoms. The molecule has 1 aliphatic rings. The van der Waals surface area contributed by atoms with Crippen molar-refractivity contribution in [1.29, 1.82) is 0 Å². The van der Waals surface area contributed by atoms with Crippen LogP contribution in [0.5, 0.6) is 0 Å². The van der Waals surface area contributed by atoms with Crippen LogP contribution in [-0.2, 0) is 14.4 Å². The van der Waals surface area contributed by atoms with Gasteiger partial charge in [0, 0.05) is 26.6 Å². The number of carbonyl (C=O) groups is 4. The second-order valence-electron chi connectivity index (χ2n) is 8.96. The Morgan fingerprint density at radius 2 is 1.51 bits per heavy atom. The highest BCUT2D eigenvalue weighted by atomic mass is 127. The molecule has 0 aromatic heterocycles. The van der Waals surface area contributed by atoms with Gasteiger partial charge < -0.3 is 20.0 Å². The first kappa shape index (κ1) is 28.8. The molecule has 1 aliphatic heterocycles. The van der Waals surface area contributed by atoms with Gasteiger partial charge in [0.05, 0.1) is 11.3 Å². The maximum Gasteiger partial charge on any atom is 0.331 e. The first-order valence-electron chi connectivity index (χ1n) is 12.0. The lowest BCUT2D eigenvalue weighted by Gasteiger charge is -2.35. The van der Waals surface area contributed by atoms with Crippen molar-refractivity contribution in [2.75, 3.05) is 11.4 Å². The zero-order chi connectivity index (χ0) is 28.3. The summed E-state index contributed by atoms with van der Waals surface area (Å²) in [5.74, 6) is -3.41. The van der Waals surface area contributed by atoms with Crippen LogP contribution in [0.3, 0.4) is 0 Å². The summed E-state index contributed by atoms with van der Waals surface area (Å²) in [5.41, 5.74) is 1.16. The van der Waals surface area contributed by atoms with E-state index in [1.165, 1.54) is 29.2 Å². The van der Waals surface area contributed by atoms with Gasteiger partial charge in [0.25, 0.3) is 11.8 Å². The lowest BCUT2D eigenvalue weighted by atomic mass is 9.97. The van der Waals surface area contributed by atoms with E-state index >= 15 is 0 Å². The molecule has 4 rings (SSSR count). The molecule has 2 amide bonds. The summed E-state index contributed by atoms with van der Waals surface area (Å²) in [6.45, 7) is 0.142. The lowest BCUT2D eigenvalue weighted by molar-refractivity contribution is -0.144. The molecular weight excluding hydrogens is 658 g/mol. The largest absolute Gasteiger partial charge is 0.481 e. The molecule has 0 aliphatic carbocycles. The number of hydrogen-bond donors (Lipinski definition) is 2. The van der Waals surface area contributed by atoms with E-state index in [4.69, 9.17) is 28.3 Å². The van der Waals surface area contributed by atoms with Crippen LogP contribution in [0, 0.1) is 3.57 Å². The summed E-state index contributed by atoms with van der Waals surface area (Å²) in [6, 6.07) is 14.6. The minimum Gasteiger partial charge on any atom is -0.481 e. The molecule has 0 saturated carbocycles. The number of unbranched alkanes of at least 4 members (excludes halogenated alkanes) is 1. The molecule has 0 radical (unpaired) electrons. The van der Waals surface area contributed by atoms with Crippen LogP contribution < -0.4 is 4.90 Å². The van der Waals surface area contributed by atoms with Gasteiger partial charge in [0.15, 0.2) is 6.04 Å². The van der Waals surface area contributed by atoms with Gasteiger partial charge >= 0.3 is 11.9 Å². The highest BCUT2D eigenvalue weighted by Gasteiger charge is 2.46. The number of fused-ring (bicyclic) bond motifs is 1. The highest BCUT2D eigenvalue weighted by Crippen LogP contribution is 2.41. The molecule has 202 valence electrons. The minimum atomic E-state index is -1.52. The molecule has 3 aromatic carbocycles. The van der Waals surface area contributed by atoms with Gasteiger partial charge in [0.2, 0.25) is 0 Å². The number of anilines is 1. The molecule has 3 aromatic rings. The fraction of sp³-hybridized carbons (Fsp3) is 0.214. The number of amides is 2. The Bertz CT molecular complexity index is 1410. The third-order valence-electron chi connectivity index (χ3n) is 6.40. The van der Waals surface area contributed by atoms with Crippen LogP contribution >= 0.6 is 45.8 Å². The highest BCUT2D eigenvalue weighted by molar-refractivity contribution is 14.1. The zero-order valence-electron chi connectivity index (χ0n) is 20.4. The number of carboxylic acids is 2. The fourth-order valence-electron chi connectivity index (χ4n) is 4.62. The lowest BCUT2D eigenvalue weighted by Crippen LogP contribution is -2.46. The first-order chi connectivity index (χ1) is 18.6. The Kier molecular flexibility index (Phi) is 9.14. The number of benzene rings is 3. The molecule has 11 heteroatoms. The molecule has 0 saturated heterocycles. The number of nitrogens with zero attached hydrogens (tertiary/aromatic N) is 2. The molecule has 0 fully saturated rings. The average molecular weight is 681 g/mol. The van der Waals surface area contributed by atoms with E-state index in [9.17, 15) is 24.3 Å². The predicted octanol–water partition coefficient (Wildman–Crippen LogP) is 6.21. The van der Waals surface area contributed by atoms with E-state index in [1.54, 1.807) is 42.5 Å². The molecular formula is C28H23Cl2IN2O6. The quantitative estimate of drug-likeness (QED) is 0.205. The minimum absolute atomic E-state index is 0.0646. The van der Waals surface area contributed by atoms with Crippen molar-refractivity contribution < 1.29 is 29.4 Å². The number of hydrogen-bond acceptors (Lipinski definition) is 4. The van der Waals surface area contributed by atoms with Crippen molar-refractivity contribution in [2.45, 2.75) is 31.3 Å². The van der Waals surface area contributed by atoms with Gasteiger partial charge in [-0.25, -0.2) is 4.79 Å². The van der Waals surface area contributed by atoms with E-state index in [-0.39, 0.29) is 24.1 Å². The molecule has 0 bridgehead atoms. The monoisotopic (exact) mass is 680 g/mol. The topological polar surface area (TPSA) is 115 Å². The van der Waals surface area contributed by atoms with Gasteiger partial charge in [0.1, 0.15) is 6.04 Å². The second kappa shape index (κ2) is 12.4. The summed E-state index contributed by atoms with van der Waals surface area (Å²) >= 11 is 14.2. The summed E-state index contributed by atoms with van der Waals surface area (Å²) < 4.78 is 0.723. The van der Waals surface area contributed by atoms with Gasteiger partial charge in [-0.1, -0.05) is 47.5 Å². The number of carbonyl (C=O) groups excluding carboxylic acids is 2. The summed E-state index contributed by atoms with van der Waals surface area (Å²) in [7, 11) is 0. The van der Waals surface area contributed by atoms with Gasteiger partial charge in [-0.05, 0) is 89.0 Å². The van der Waals surface area contributed by atoms with Gasteiger partial charge in [-0.2, -0.15) is 0 Å². The Balaban J connectivity index is 1.92. The normalized spacial score (nSPS) is 16.0. The van der Waals surface area contributed by atoms with Crippen molar-refractivity contribution in [2.24, 2.45) is 0 Å². The molecule has 39 heavy (non-hydrogen) atoms. The maximum absolute atomic E-state index is 14.3. The fourth-order valence-corrected chi connectivity index (χ4v) is 5.36. The van der Waals surface area contributed by atoms with E-state index < -0.39 is 35.8 Å². The van der Waals surface area contributed by atoms with Crippen molar-refractivity contribution in [3.8, 4) is 0 Å². The Hall–Kier alpha value is -3.15. The van der Waals surface area contributed by atoms with Crippen molar-refractivity contribution in [3.05, 3.63) is 97.0 Å². The number of carboxylic acid groups (broad SMARTS) is 2. The summed E-state index contributed by atoms with van der Waals surface area (Å²) in [5, 5.41) is 20.3. The van der Waals surface area contributed by atoms with Crippen LogP contribution in [0.15, 0.2) is 66.7 Å². The van der Waals surface area contributed by atoms with Crippen LogP contribution in [0.2, 0.25) is 10.0 Å². The zero-order valence-corrected chi connectivity index (χ0v) is 24.1.